The molecule has 1 N–H and O–H groups in total. The molecule has 0 radical (unpaired) electrons. The lowest BCUT2D eigenvalue weighted by Crippen LogP contribution is -2.44. The van der Waals surface area contributed by atoms with Crippen LogP contribution in [-0.4, -0.2) is 49.0 Å². The molecule has 2 aromatic rings. The average molecular weight is 328 g/mol. The zero-order valence-electron chi connectivity index (χ0n) is 13.3. The number of likely N-dealkylation sites (tertiary alicyclic amines) is 1. The van der Waals surface area contributed by atoms with Gasteiger partial charge >= 0.3 is 5.97 Å². The molecule has 3 rings (SSSR count). The van der Waals surface area contributed by atoms with Gasteiger partial charge in [0.2, 0.25) is 0 Å². The highest BCUT2D eigenvalue weighted by atomic mass is 16.4. The van der Waals surface area contributed by atoms with Gasteiger partial charge in [-0.3, -0.25) is 14.2 Å². The predicted octanol–water partition coefficient (Wildman–Crippen LogP) is 2.13. The zero-order valence-corrected chi connectivity index (χ0v) is 13.3. The van der Waals surface area contributed by atoms with Crippen LogP contribution >= 0.6 is 0 Å². The lowest BCUT2D eigenvalue weighted by molar-refractivity contribution is -0.137. The van der Waals surface area contributed by atoms with E-state index in [1.54, 1.807) is 41.6 Å². The van der Waals surface area contributed by atoms with Crippen LogP contribution in [0.25, 0.3) is 5.82 Å². The van der Waals surface area contributed by atoms with E-state index in [-0.39, 0.29) is 18.4 Å². The number of aromatic nitrogens is 3. The number of hydrogen-bond donors (Lipinski definition) is 1. The van der Waals surface area contributed by atoms with Gasteiger partial charge in [-0.15, -0.1) is 0 Å². The van der Waals surface area contributed by atoms with Crippen molar-refractivity contribution in [3.05, 3.63) is 42.6 Å². The molecule has 0 saturated carbocycles. The van der Waals surface area contributed by atoms with Gasteiger partial charge in [0.1, 0.15) is 12.1 Å². The van der Waals surface area contributed by atoms with Crippen LogP contribution in [0.4, 0.5) is 0 Å². The van der Waals surface area contributed by atoms with E-state index in [4.69, 9.17) is 5.11 Å². The number of hydrogen-bond acceptors (Lipinski definition) is 4. The average Bonchev–Trinajstić information content (AvgIpc) is 3.14. The fraction of sp³-hybridized carbons (Fsp3) is 0.412. The van der Waals surface area contributed by atoms with E-state index in [9.17, 15) is 9.59 Å². The van der Waals surface area contributed by atoms with Crippen molar-refractivity contribution in [1.29, 1.82) is 0 Å². The molecular formula is C17H20N4O3. The van der Waals surface area contributed by atoms with E-state index >= 15 is 0 Å². The number of rotatable bonds is 5. The Balaban J connectivity index is 1.79. The van der Waals surface area contributed by atoms with Crippen molar-refractivity contribution < 1.29 is 14.7 Å². The molecule has 0 aliphatic carbocycles. The predicted molar refractivity (Wildman–Crippen MR) is 86.9 cm³/mol. The summed E-state index contributed by atoms with van der Waals surface area (Å²) < 4.78 is 1.74. The Morgan fingerprint density at radius 2 is 2.17 bits per heavy atom. The van der Waals surface area contributed by atoms with Crippen LogP contribution in [0.5, 0.6) is 0 Å². The highest BCUT2D eigenvalue weighted by Gasteiger charge is 2.28. The number of carbonyl (C=O) groups excluding carboxylic acids is 1. The van der Waals surface area contributed by atoms with Crippen LogP contribution in [0.3, 0.4) is 0 Å². The smallest absolute Gasteiger partial charge is 0.303 e. The Morgan fingerprint density at radius 3 is 2.92 bits per heavy atom. The van der Waals surface area contributed by atoms with Crippen molar-refractivity contribution in [1.82, 2.24) is 19.4 Å². The first kappa shape index (κ1) is 16.2. The van der Waals surface area contributed by atoms with Crippen molar-refractivity contribution in [3.8, 4) is 5.82 Å². The van der Waals surface area contributed by atoms with Gasteiger partial charge in [0.15, 0.2) is 0 Å². The van der Waals surface area contributed by atoms with E-state index in [0.717, 1.165) is 19.3 Å². The summed E-state index contributed by atoms with van der Waals surface area (Å²) in [5.74, 6) is -0.245. The van der Waals surface area contributed by atoms with Gasteiger partial charge in [-0.05, 0) is 37.8 Å². The minimum atomic E-state index is -0.820. The summed E-state index contributed by atoms with van der Waals surface area (Å²) in [6.45, 7) is 0.672. The molecule has 1 saturated heterocycles. The number of carboxylic acids is 1. The molecule has 0 spiro atoms. The van der Waals surface area contributed by atoms with Gasteiger partial charge in [0.25, 0.3) is 5.91 Å². The van der Waals surface area contributed by atoms with Crippen LogP contribution < -0.4 is 0 Å². The molecule has 1 aliphatic heterocycles. The van der Waals surface area contributed by atoms with Gasteiger partial charge in [0, 0.05) is 43.2 Å². The first-order valence-electron chi connectivity index (χ1n) is 8.12. The van der Waals surface area contributed by atoms with Crippen LogP contribution in [-0.2, 0) is 4.79 Å². The van der Waals surface area contributed by atoms with Crippen LogP contribution in [0.1, 0.15) is 42.5 Å². The third kappa shape index (κ3) is 3.61. The summed E-state index contributed by atoms with van der Waals surface area (Å²) in [4.78, 5) is 33.8. The molecule has 0 bridgehead atoms. The Hall–Kier alpha value is -2.70. The summed E-state index contributed by atoms with van der Waals surface area (Å²) >= 11 is 0. The van der Waals surface area contributed by atoms with Gasteiger partial charge < -0.3 is 10.0 Å². The third-order valence-electron chi connectivity index (χ3n) is 4.34. The number of nitrogens with zero attached hydrogens (tertiary/aromatic N) is 4. The van der Waals surface area contributed by atoms with Crippen molar-refractivity contribution in [3.63, 3.8) is 0 Å². The van der Waals surface area contributed by atoms with Crippen molar-refractivity contribution in [2.45, 2.75) is 38.1 Å². The van der Waals surface area contributed by atoms with Crippen molar-refractivity contribution >= 4 is 11.9 Å². The maximum Gasteiger partial charge on any atom is 0.303 e. The van der Waals surface area contributed by atoms with Gasteiger partial charge in [0.05, 0.1) is 0 Å². The highest BCUT2D eigenvalue weighted by molar-refractivity contribution is 5.94. The summed E-state index contributed by atoms with van der Waals surface area (Å²) in [6, 6.07) is 3.44. The number of aliphatic carboxylic acids is 1. The standard InChI is InChI=1S/C17H20N4O3/c22-16(23)5-4-14-3-1-2-9-21(14)17(24)13-6-7-19-15(11-13)20-10-8-18-12-20/h6-8,10-12,14H,1-5,9H2,(H,22,23). The maximum absolute atomic E-state index is 12.9. The topological polar surface area (TPSA) is 88.3 Å². The van der Waals surface area contributed by atoms with E-state index in [1.807, 2.05) is 4.90 Å². The largest absolute Gasteiger partial charge is 0.481 e. The molecular weight excluding hydrogens is 308 g/mol. The SMILES string of the molecule is O=C(O)CCC1CCCCN1C(=O)c1ccnc(-n2ccnc2)c1. The van der Waals surface area contributed by atoms with Gasteiger partial charge in [-0.1, -0.05) is 0 Å². The molecule has 1 unspecified atom stereocenters. The minimum absolute atomic E-state index is 0.00721. The van der Waals surface area contributed by atoms with Crippen LogP contribution in [0.2, 0.25) is 0 Å². The third-order valence-corrected chi connectivity index (χ3v) is 4.34. The van der Waals surface area contributed by atoms with E-state index in [1.165, 1.54) is 0 Å². The van der Waals surface area contributed by atoms with Gasteiger partial charge in [-0.2, -0.15) is 0 Å². The summed E-state index contributed by atoms with van der Waals surface area (Å²) in [6.07, 6.45) is 10.1. The van der Waals surface area contributed by atoms with E-state index in [0.29, 0.717) is 24.3 Å². The normalized spacial score (nSPS) is 17.7. The molecule has 24 heavy (non-hydrogen) atoms. The molecule has 1 fully saturated rings. The quantitative estimate of drug-likeness (QED) is 0.908. The maximum atomic E-state index is 12.9. The lowest BCUT2D eigenvalue weighted by atomic mass is 9.97. The molecule has 7 nitrogen and oxygen atoms in total. The Labute approximate surface area is 140 Å². The molecule has 0 aromatic carbocycles. The summed E-state index contributed by atoms with van der Waals surface area (Å²) in [5, 5.41) is 8.91. The monoisotopic (exact) mass is 328 g/mol. The summed E-state index contributed by atoms with van der Waals surface area (Å²) in [7, 11) is 0. The Morgan fingerprint density at radius 1 is 1.29 bits per heavy atom. The number of piperidine rings is 1. The van der Waals surface area contributed by atoms with E-state index in [2.05, 4.69) is 9.97 Å². The Bertz CT molecular complexity index is 714. The number of carbonyl (C=O) groups is 2. The molecule has 1 atom stereocenters. The Kier molecular flexibility index (Phi) is 4.88. The zero-order chi connectivity index (χ0) is 16.9. The molecule has 7 heteroatoms. The highest BCUT2D eigenvalue weighted by Crippen LogP contribution is 2.23. The number of amides is 1. The molecule has 3 heterocycles. The second-order valence-corrected chi connectivity index (χ2v) is 5.95. The summed E-state index contributed by atoms with van der Waals surface area (Å²) in [5.41, 5.74) is 0.566. The first-order valence-corrected chi connectivity index (χ1v) is 8.12. The van der Waals surface area contributed by atoms with Gasteiger partial charge in [-0.25, -0.2) is 9.97 Å². The number of imidazole rings is 1. The number of pyridine rings is 1. The van der Waals surface area contributed by atoms with Crippen molar-refractivity contribution in [2.24, 2.45) is 0 Å². The van der Waals surface area contributed by atoms with Crippen LogP contribution in [0, 0.1) is 0 Å². The number of carboxylic acid groups (broad SMARTS) is 1. The molecule has 1 aliphatic rings. The lowest BCUT2D eigenvalue weighted by Gasteiger charge is -2.35. The fourth-order valence-electron chi connectivity index (χ4n) is 3.11. The molecule has 1 amide bonds. The van der Waals surface area contributed by atoms with Crippen molar-refractivity contribution in [2.75, 3.05) is 6.54 Å². The second-order valence-electron chi connectivity index (χ2n) is 5.95. The molecule has 126 valence electrons. The fourth-order valence-corrected chi connectivity index (χ4v) is 3.11. The first-order chi connectivity index (χ1) is 11.6. The second kappa shape index (κ2) is 7.25. The van der Waals surface area contributed by atoms with Crippen LogP contribution in [0.15, 0.2) is 37.1 Å². The molecule has 2 aromatic heterocycles. The minimum Gasteiger partial charge on any atom is -0.481 e. The van der Waals surface area contributed by atoms with E-state index < -0.39 is 5.97 Å².